The van der Waals surface area contributed by atoms with Gasteiger partial charge in [0.25, 0.3) is 0 Å². The van der Waals surface area contributed by atoms with E-state index in [2.05, 4.69) is 11.4 Å². The molecule has 2 aromatic rings. The van der Waals surface area contributed by atoms with Crippen molar-refractivity contribution in [3.8, 4) is 0 Å². The fourth-order valence-corrected chi connectivity index (χ4v) is 5.38. The van der Waals surface area contributed by atoms with Crippen molar-refractivity contribution >= 4 is 21.6 Å². The number of sulfonamides is 1. The van der Waals surface area contributed by atoms with Crippen LogP contribution in [-0.2, 0) is 26.0 Å². The van der Waals surface area contributed by atoms with E-state index in [4.69, 9.17) is 4.74 Å². The van der Waals surface area contributed by atoms with Crippen LogP contribution in [0.1, 0.15) is 29.9 Å². The third-order valence-corrected chi connectivity index (χ3v) is 7.29. The molecule has 1 atom stereocenters. The summed E-state index contributed by atoms with van der Waals surface area (Å²) in [4.78, 5) is 13.1. The Hall–Kier alpha value is -2.22. The maximum Gasteiger partial charge on any atom is 0.243 e. The molecular formula is C21H24N2O4S. The van der Waals surface area contributed by atoms with Gasteiger partial charge in [0.1, 0.15) is 0 Å². The van der Waals surface area contributed by atoms with Gasteiger partial charge < -0.3 is 10.1 Å². The third kappa shape index (κ3) is 3.83. The Kier molecular flexibility index (Phi) is 5.48. The number of ether oxygens (including phenoxy) is 1. The zero-order valence-corrected chi connectivity index (χ0v) is 16.5. The average Bonchev–Trinajstić information content (AvgIpc) is 2.74. The predicted molar refractivity (Wildman–Crippen MR) is 107 cm³/mol. The predicted octanol–water partition coefficient (Wildman–Crippen LogP) is 2.77. The molecule has 1 saturated heterocycles. The van der Waals surface area contributed by atoms with Crippen LogP contribution in [0.2, 0.25) is 0 Å². The van der Waals surface area contributed by atoms with E-state index in [0.29, 0.717) is 32.0 Å². The van der Waals surface area contributed by atoms with Gasteiger partial charge in [-0.1, -0.05) is 30.3 Å². The first-order valence-electron chi connectivity index (χ1n) is 9.62. The Balaban J connectivity index is 1.53. The quantitative estimate of drug-likeness (QED) is 0.856. The topological polar surface area (TPSA) is 75.7 Å². The van der Waals surface area contributed by atoms with Gasteiger partial charge >= 0.3 is 0 Å². The zero-order valence-electron chi connectivity index (χ0n) is 15.6. The molecule has 0 bridgehead atoms. The number of nitrogens with one attached hydrogen (secondary N) is 1. The van der Waals surface area contributed by atoms with Crippen LogP contribution in [-0.4, -0.2) is 44.9 Å². The van der Waals surface area contributed by atoms with Crippen molar-refractivity contribution in [3.05, 3.63) is 59.7 Å². The van der Waals surface area contributed by atoms with Gasteiger partial charge in [0.2, 0.25) is 15.9 Å². The molecule has 1 aliphatic heterocycles. The highest BCUT2D eigenvalue weighted by Gasteiger charge is 2.28. The van der Waals surface area contributed by atoms with E-state index in [0.717, 1.165) is 24.8 Å². The van der Waals surface area contributed by atoms with Crippen molar-refractivity contribution in [3.63, 3.8) is 0 Å². The molecule has 6 nitrogen and oxygen atoms in total. The Bertz CT molecular complexity index is 968. The molecule has 4 rings (SSSR count). The van der Waals surface area contributed by atoms with Gasteiger partial charge in [-0.15, -0.1) is 0 Å². The normalized spacial score (nSPS) is 20.4. The van der Waals surface area contributed by atoms with Gasteiger partial charge in [0.15, 0.2) is 0 Å². The Morgan fingerprint density at radius 3 is 2.68 bits per heavy atom. The standard InChI is InChI=1S/C21H24N2O4S/c24-21(20-10-3-6-16-5-1-2-9-19(16)20)22-17-7-4-8-18(15-17)28(25,26)23-11-13-27-14-12-23/h1-2,4-5,7-9,15,20H,3,6,10-14H2,(H,22,24). The monoisotopic (exact) mass is 400 g/mol. The Morgan fingerprint density at radius 1 is 1.07 bits per heavy atom. The highest BCUT2D eigenvalue weighted by molar-refractivity contribution is 7.89. The summed E-state index contributed by atoms with van der Waals surface area (Å²) >= 11 is 0. The lowest BCUT2D eigenvalue weighted by Crippen LogP contribution is -2.40. The van der Waals surface area contributed by atoms with Crippen LogP contribution in [0.15, 0.2) is 53.4 Å². The number of aryl methyl sites for hydroxylation is 1. The van der Waals surface area contributed by atoms with Crippen LogP contribution in [0.25, 0.3) is 0 Å². The average molecular weight is 401 g/mol. The summed E-state index contributed by atoms with van der Waals surface area (Å²) in [6, 6.07) is 14.5. The fourth-order valence-electron chi connectivity index (χ4n) is 3.93. The molecule has 1 unspecified atom stereocenters. The number of fused-ring (bicyclic) bond motifs is 1. The van der Waals surface area contributed by atoms with Crippen molar-refractivity contribution in [1.29, 1.82) is 0 Å². The minimum absolute atomic E-state index is 0.0897. The molecule has 0 spiro atoms. The molecule has 0 radical (unpaired) electrons. The number of anilines is 1. The van der Waals surface area contributed by atoms with Gasteiger partial charge in [-0.3, -0.25) is 4.79 Å². The molecule has 0 aromatic heterocycles. The Labute approximate surface area is 165 Å². The van der Waals surface area contributed by atoms with Gasteiger partial charge in [-0.25, -0.2) is 8.42 Å². The van der Waals surface area contributed by atoms with Crippen LogP contribution in [0, 0.1) is 0 Å². The summed E-state index contributed by atoms with van der Waals surface area (Å²) in [6.45, 7) is 1.49. The molecule has 7 heteroatoms. The van der Waals surface area contributed by atoms with Gasteiger partial charge in [0.05, 0.1) is 24.0 Å². The number of rotatable bonds is 4. The van der Waals surface area contributed by atoms with E-state index >= 15 is 0 Å². The van der Waals surface area contributed by atoms with E-state index in [1.165, 1.54) is 15.9 Å². The van der Waals surface area contributed by atoms with Crippen molar-refractivity contribution in [2.24, 2.45) is 0 Å². The van der Waals surface area contributed by atoms with Crippen LogP contribution < -0.4 is 5.32 Å². The molecule has 148 valence electrons. The van der Waals surface area contributed by atoms with E-state index in [1.54, 1.807) is 18.2 Å². The van der Waals surface area contributed by atoms with Crippen LogP contribution in [0.5, 0.6) is 0 Å². The van der Waals surface area contributed by atoms with Crippen LogP contribution >= 0.6 is 0 Å². The lowest BCUT2D eigenvalue weighted by Gasteiger charge is -2.26. The maximum absolute atomic E-state index is 12.9. The van der Waals surface area contributed by atoms with Gasteiger partial charge in [-0.05, 0) is 48.6 Å². The van der Waals surface area contributed by atoms with Crippen LogP contribution in [0.4, 0.5) is 5.69 Å². The summed E-state index contributed by atoms with van der Waals surface area (Å²) in [7, 11) is -3.59. The lowest BCUT2D eigenvalue weighted by atomic mass is 9.82. The summed E-state index contributed by atoms with van der Waals surface area (Å²) in [5, 5.41) is 2.92. The number of benzene rings is 2. The number of hydrogen-bond donors (Lipinski definition) is 1. The first kappa shape index (κ1) is 19.1. The number of hydrogen-bond acceptors (Lipinski definition) is 4. The maximum atomic E-state index is 12.9. The second-order valence-electron chi connectivity index (χ2n) is 7.18. The molecular weight excluding hydrogens is 376 g/mol. The van der Waals surface area contributed by atoms with Crippen molar-refractivity contribution < 1.29 is 17.9 Å². The summed E-state index contributed by atoms with van der Waals surface area (Å²) in [5.41, 5.74) is 2.79. The Morgan fingerprint density at radius 2 is 1.86 bits per heavy atom. The summed E-state index contributed by atoms with van der Waals surface area (Å²) in [5.74, 6) is -0.294. The minimum Gasteiger partial charge on any atom is -0.379 e. The zero-order chi connectivity index (χ0) is 19.6. The minimum atomic E-state index is -3.59. The molecule has 0 saturated carbocycles. The second kappa shape index (κ2) is 8.03. The molecule has 2 aromatic carbocycles. The largest absolute Gasteiger partial charge is 0.379 e. The first-order chi connectivity index (χ1) is 13.6. The molecule has 2 aliphatic rings. The number of carbonyl (C=O) groups excluding carboxylic acids is 1. The van der Waals surface area contributed by atoms with Crippen molar-refractivity contribution in [1.82, 2.24) is 4.31 Å². The highest BCUT2D eigenvalue weighted by Crippen LogP contribution is 2.32. The molecule has 28 heavy (non-hydrogen) atoms. The second-order valence-corrected chi connectivity index (χ2v) is 9.12. The number of nitrogens with zero attached hydrogens (tertiary/aromatic N) is 1. The van der Waals surface area contributed by atoms with E-state index in [-0.39, 0.29) is 16.7 Å². The first-order valence-corrected chi connectivity index (χ1v) is 11.1. The van der Waals surface area contributed by atoms with E-state index in [9.17, 15) is 13.2 Å². The summed E-state index contributed by atoms with van der Waals surface area (Å²) < 4.78 is 32.4. The van der Waals surface area contributed by atoms with Gasteiger partial charge in [0, 0.05) is 18.8 Å². The number of amides is 1. The number of morpholine rings is 1. The molecule has 1 fully saturated rings. The van der Waals surface area contributed by atoms with Crippen molar-refractivity contribution in [2.45, 2.75) is 30.1 Å². The molecule has 1 amide bonds. The van der Waals surface area contributed by atoms with Gasteiger partial charge in [-0.2, -0.15) is 4.31 Å². The molecule has 1 aliphatic carbocycles. The SMILES string of the molecule is O=C(Nc1cccc(S(=O)(=O)N2CCOCC2)c1)C1CCCc2ccccc21. The smallest absolute Gasteiger partial charge is 0.243 e. The third-order valence-electron chi connectivity index (χ3n) is 5.40. The highest BCUT2D eigenvalue weighted by atomic mass is 32.2. The molecule has 1 heterocycles. The fraction of sp³-hybridized carbons (Fsp3) is 0.381. The summed E-state index contributed by atoms with van der Waals surface area (Å²) in [6.07, 6.45) is 2.77. The number of carbonyl (C=O) groups is 1. The molecule has 1 N–H and O–H groups in total. The van der Waals surface area contributed by atoms with Crippen LogP contribution in [0.3, 0.4) is 0 Å². The van der Waals surface area contributed by atoms with Crippen molar-refractivity contribution in [2.75, 3.05) is 31.6 Å². The van der Waals surface area contributed by atoms with E-state index < -0.39 is 10.0 Å². The lowest BCUT2D eigenvalue weighted by molar-refractivity contribution is -0.117. The van der Waals surface area contributed by atoms with E-state index in [1.807, 2.05) is 18.2 Å².